The first kappa shape index (κ1) is 22.6. The van der Waals surface area contributed by atoms with Crippen LogP contribution in [0.5, 0.6) is 11.5 Å². The summed E-state index contributed by atoms with van der Waals surface area (Å²) < 4.78 is 11.4. The van der Waals surface area contributed by atoms with E-state index in [1.807, 2.05) is 12.1 Å². The number of hydrogen-bond acceptors (Lipinski definition) is 4. The molecule has 0 amide bonds. The summed E-state index contributed by atoms with van der Waals surface area (Å²) >= 11 is 6.38. The van der Waals surface area contributed by atoms with E-state index in [1.54, 1.807) is 7.05 Å². The minimum Gasteiger partial charge on any atom is -0.489 e. The molecular weight excluding hydrogens is 376 g/mol. The molecule has 1 aliphatic rings. The van der Waals surface area contributed by atoms with E-state index in [9.17, 15) is 0 Å². The van der Waals surface area contributed by atoms with Gasteiger partial charge in [-0.2, -0.15) is 0 Å². The van der Waals surface area contributed by atoms with Crippen molar-refractivity contribution in [1.82, 2.24) is 15.5 Å². The molecule has 0 spiro atoms. The molecule has 0 radical (unpaired) electrons. The Labute approximate surface area is 174 Å². The highest BCUT2D eigenvalue weighted by molar-refractivity contribution is 6.32. The predicted octanol–water partition coefficient (Wildman–Crippen LogP) is 3.68. The lowest BCUT2D eigenvalue weighted by Gasteiger charge is -2.21. The molecule has 7 heteroatoms. The van der Waals surface area contributed by atoms with Gasteiger partial charge in [-0.25, -0.2) is 0 Å². The van der Waals surface area contributed by atoms with Gasteiger partial charge in [0.15, 0.2) is 17.5 Å². The standard InChI is InChI=1S/C21H35ClN4O2/c1-5-26(6-2)10-7-9-16(3)25-21(23-4)24-15-17-13-18(22)20-19(14-17)27-11-8-12-28-20/h13-14,16H,5-12,15H2,1-4H3,(H2,23,24,25). The fourth-order valence-electron chi connectivity index (χ4n) is 3.23. The SMILES string of the molecule is CCN(CC)CCCC(C)NC(=NC)NCc1cc(Cl)c2c(c1)OCCCO2. The molecule has 2 N–H and O–H groups in total. The number of fused-ring (bicyclic) bond motifs is 1. The highest BCUT2D eigenvalue weighted by atomic mass is 35.5. The van der Waals surface area contributed by atoms with Crippen molar-refractivity contribution in [3.63, 3.8) is 0 Å². The molecule has 0 bridgehead atoms. The van der Waals surface area contributed by atoms with Gasteiger partial charge < -0.3 is 25.0 Å². The maximum atomic E-state index is 6.38. The Morgan fingerprint density at radius 1 is 1.25 bits per heavy atom. The normalized spacial score (nSPS) is 15.3. The molecular formula is C21H35ClN4O2. The molecule has 1 atom stereocenters. The van der Waals surface area contributed by atoms with Crippen LogP contribution >= 0.6 is 11.6 Å². The molecule has 1 unspecified atom stereocenters. The highest BCUT2D eigenvalue weighted by Crippen LogP contribution is 2.37. The van der Waals surface area contributed by atoms with Gasteiger partial charge in [-0.3, -0.25) is 4.99 Å². The zero-order chi connectivity index (χ0) is 20.4. The van der Waals surface area contributed by atoms with Gasteiger partial charge in [-0.15, -0.1) is 0 Å². The zero-order valence-electron chi connectivity index (χ0n) is 17.7. The molecule has 158 valence electrons. The van der Waals surface area contributed by atoms with Crippen molar-refractivity contribution in [2.75, 3.05) is 39.9 Å². The molecule has 0 aliphatic carbocycles. The monoisotopic (exact) mass is 410 g/mol. The van der Waals surface area contributed by atoms with Crippen LogP contribution in [-0.2, 0) is 6.54 Å². The van der Waals surface area contributed by atoms with Gasteiger partial charge in [0.25, 0.3) is 0 Å². The number of guanidine groups is 1. The van der Waals surface area contributed by atoms with Crippen molar-refractivity contribution in [3.05, 3.63) is 22.7 Å². The number of benzene rings is 1. The fraction of sp³-hybridized carbons (Fsp3) is 0.667. The fourth-order valence-corrected chi connectivity index (χ4v) is 3.52. The number of rotatable bonds is 9. The molecule has 0 saturated heterocycles. The van der Waals surface area contributed by atoms with Crippen LogP contribution in [0.15, 0.2) is 17.1 Å². The van der Waals surface area contributed by atoms with Gasteiger partial charge in [0.05, 0.1) is 18.2 Å². The number of ether oxygens (including phenoxy) is 2. The van der Waals surface area contributed by atoms with Gasteiger partial charge in [-0.1, -0.05) is 25.4 Å². The van der Waals surface area contributed by atoms with Gasteiger partial charge in [0, 0.05) is 26.1 Å². The predicted molar refractivity (Wildman–Crippen MR) is 117 cm³/mol. The van der Waals surface area contributed by atoms with E-state index in [2.05, 4.69) is 41.3 Å². The van der Waals surface area contributed by atoms with Crippen LogP contribution in [0.1, 0.15) is 45.6 Å². The molecule has 2 rings (SSSR count). The molecule has 1 aromatic carbocycles. The number of nitrogens with one attached hydrogen (secondary N) is 2. The number of halogens is 1. The molecule has 0 fully saturated rings. The van der Waals surface area contributed by atoms with E-state index < -0.39 is 0 Å². The smallest absolute Gasteiger partial charge is 0.191 e. The quantitative estimate of drug-likeness (QED) is 0.480. The van der Waals surface area contributed by atoms with E-state index in [0.717, 1.165) is 49.7 Å². The Kier molecular flexibility index (Phi) is 9.71. The van der Waals surface area contributed by atoms with Crippen molar-refractivity contribution in [2.24, 2.45) is 4.99 Å². The lowest BCUT2D eigenvalue weighted by molar-refractivity contribution is 0.292. The topological polar surface area (TPSA) is 58.1 Å². The largest absolute Gasteiger partial charge is 0.489 e. The third kappa shape index (κ3) is 7.06. The molecule has 6 nitrogen and oxygen atoms in total. The summed E-state index contributed by atoms with van der Waals surface area (Å²) in [6.07, 6.45) is 3.14. The molecule has 0 aromatic heterocycles. The van der Waals surface area contributed by atoms with Crippen molar-refractivity contribution in [3.8, 4) is 11.5 Å². The molecule has 0 saturated carbocycles. The van der Waals surface area contributed by atoms with E-state index in [4.69, 9.17) is 21.1 Å². The van der Waals surface area contributed by atoms with E-state index >= 15 is 0 Å². The first-order valence-corrected chi connectivity index (χ1v) is 10.7. The Hall–Kier alpha value is -1.66. The van der Waals surface area contributed by atoms with Crippen LogP contribution in [0.25, 0.3) is 0 Å². The Balaban J connectivity index is 1.83. The van der Waals surface area contributed by atoms with Crippen molar-refractivity contribution >= 4 is 17.6 Å². The van der Waals surface area contributed by atoms with Crippen LogP contribution in [-0.4, -0.2) is 56.8 Å². The molecule has 1 aliphatic heterocycles. The van der Waals surface area contributed by atoms with Gasteiger partial charge in [-0.05, 0) is 57.1 Å². The Bertz CT molecular complexity index is 635. The van der Waals surface area contributed by atoms with Crippen molar-refractivity contribution < 1.29 is 9.47 Å². The van der Waals surface area contributed by atoms with E-state index in [0.29, 0.717) is 36.6 Å². The average molecular weight is 411 g/mol. The maximum absolute atomic E-state index is 6.38. The summed E-state index contributed by atoms with van der Waals surface area (Å²) in [6.45, 7) is 11.9. The lowest BCUT2D eigenvalue weighted by Crippen LogP contribution is -2.42. The summed E-state index contributed by atoms with van der Waals surface area (Å²) in [4.78, 5) is 6.79. The second-order valence-corrected chi connectivity index (χ2v) is 7.50. The summed E-state index contributed by atoms with van der Waals surface area (Å²) in [6, 6.07) is 4.26. The zero-order valence-corrected chi connectivity index (χ0v) is 18.4. The summed E-state index contributed by atoms with van der Waals surface area (Å²) in [7, 11) is 1.79. The lowest BCUT2D eigenvalue weighted by atomic mass is 10.1. The molecule has 1 heterocycles. The summed E-state index contributed by atoms with van der Waals surface area (Å²) in [5.74, 6) is 2.15. The van der Waals surface area contributed by atoms with Crippen molar-refractivity contribution in [1.29, 1.82) is 0 Å². The van der Waals surface area contributed by atoms with Crippen molar-refractivity contribution in [2.45, 2.75) is 52.6 Å². The Morgan fingerprint density at radius 3 is 2.71 bits per heavy atom. The van der Waals surface area contributed by atoms with E-state index in [-0.39, 0.29) is 0 Å². The molecule has 1 aromatic rings. The first-order chi connectivity index (χ1) is 13.6. The van der Waals surface area contributed by atoms with Crippen LogP contribution in [0.4, 0.5) is 0 Å². The van der Waals surface area contributed by atoms with Gasteiger partial charge >= 0.3 is 0 Å². The number of nitrogens with zero attached hydrogens (tertiary/aromatic N) is 2. The second-order valence-electron chi connectivity index (χ2n) is 7.10. The van der Waals surface area contributed by atoms with Gasteiger partial charge in [0.1, 0.15) is 0 Å². The van der Waals surface area contributed by atoms with Crippen LogP contribution in [0.3, 0.4) is 0 Å². The number of hydrogen-bond donors (Lipinski definition) is 2. The van der Waals surface area contributed by atoms with Crippen LogP contribution in [0.2, 0.25) is 5.02 Å². The van der Waals surface area contributed by atoms with Crippen LogP contribution < -0.4 is 20.1 Å². The van der Waals surface area contributed by atoms with Gasteiger partial charge in [0.2, 0.25) is 0 Å². The average Bonchev–Trinajstić information content (AvgIpc) is 2.94. The minimum atomic E-state index is 0.356. The first-order valence-electron chi connectivity index (χ1n) is 10.3. The third-order valence-corrected chi connectivity index (χ3v) is 5.22. The van der Waals surface area contributed by atoms with Crippen LogP contribution in [0, 0.1) is 0 Å². The molecule has 28 heavy (non-hydrogen) atoms. The third-order valence-electron chi connectivity index (χ3n) is 4.93. The highest BCUT2D eigenvalue weighted by Gasteiger charge is 2.16. The van der Waals surface area contributed by atoms with E-state index in [1.165, 1.54) is 6.42 Å². The number of aliphatic imine (C=N–C) groups is 1. The maximum Gasteiger partial charge on any atom is 0.191 e. The summed E-state index contributed by atoms with van der Waals surface area (Å²) in [5, 5.41) is 7.41. The summed E-state index contributed by atoms with van der Waals surface area (Å²) in [5.41, 5.74) is 1.03. The Morgan fingerprint density at radius 2 is 2.00 bits per heavy atom. The second kappa shape index (κ2) is 12.0. The minimum absolute atomic E-state index is 0.356.